The van der Waals surface area contributed by atoms with Crippen molar-refractivity contribution in [1.29, 1.82) is 0 Å². The van der Waals surface area contributed by atoms with E-state index in [1.54, 1.807) is 0 Å². The molecule has 1 aliphatic rings. The number of rotatable bonds is 54. The number of aliphatic carboxylic acids is 1. The van der Waals surface area contributed by atoms with Crippen molar-refractivity contribution in [2.45, 2.75) is 327 Å². The molecular formula is C65H114O12. The largest absolute Gasteiger partial charge is 0.479 e. The fourth-order valence-corrected chi connectivity index (χ4v) is 9.56. The Bertz CT molecular complexity index is 1520. The van der Waals surface area contributed by atoms with Crippen molar-refractivity contribution in [2.75, 3.05) is 13.2 Å². The van der Waals surface area contributed by atoms with Crippen molar-refractivity contribution in [2.24, 2.45) is 0 Å². The third kappa shape index (κ3) is 43.2. The van der Waals surface area contributed by atoms with Crippen molar-refractivity contribution < 1.29 is 58.2 Å². The third-order valence-electron chi connectivity index (χ3n) is 14.4. The number of aliphatic hydroxyl groups excluding tert-OH is 2. The van der Waals surface area contributed by atoms with Crippen molar-refractivity contribution in [3.05, 3.63) is 48.6 Å². The molecule has 0 radical (unpaired) electrons. The lowest BCUT2D eigenvalue weighted by Gasteiger charge is -2.40. The van der Waals surface area contributed by atoms with Crippen LogP contribution in [0.25, 0.3) is 0 Å². The Balaban J connectivity index is 2.65. The first-order valence-electron chi connectivity index (χ1n) is 31.6. The lowest BCUT2D eigenvalue weighted by atomic mass is 9.98. The van der Waals surface area contributed by atoms with E-state index in [0.29, 0.717) is 19.3 Å². The predicted octanol–water partition coefficient (Wildman–Crippen LogP) is 16.6. The van der Waals surface area contributed by atoms with Gasteiger partial charge in [-0.05, 0) is 77.0 Å². The van der Waals surface area contributed by atoms with Gasteiger partial charge >= 0.3 is 23.9 Å². The topological polar surface area (TPSA) is 175 Å². The number of carboxylic acids is 1. The summed E-state index contributed by atoms with van der Waals surface area (Å²) in [5.74, 6) is -3.11. The van der Waals surface area contributed by atoms with Crippen LogP contribution in [0.15, 0.2) is 48.6 Å². The van der Waals surface area contributed by atoms with E-state index in [-0.39, 0.29) is 25.9 Å². The molecule has 0 bridgehead atoms. The summed E-state index contributed by atoms with van der Waals surface area (Å²) in [5.41, 5.74) is 0. The Hall–Kier alpha value is -3.32. The number of hydrogen-bond acceptors (Lipinski definition) is 11. The van der Waals surface area contributed by atoms with Gasteiger partial charge in [0.05, 0.1) is 6.61 Å². The molecule has 12 nitrogen and oxygen atoms in total. The van der Waals surface area contributed by atoms with Crippen LogP contribution in [-0.4, -0.2) is 89.2 Å². The van der Waals surface area contributed by atoms with Crippen LogP contribution in [0.3, 0.4) is 0 Å². The van der Waals surface area contributed by atoms with Gasteiger partial charge in [-0.1, -0.05) is 243 Å². The molecule has 1 rings (SSSR count). The highest BCUT2D eigenvalue weighted by atomic mass is 16.7. The minimum atomic E-state index is -1.90. The second-order valence-corrected chi connectivity index (χ2v) is 21.7. The van der Waals surface area contributed by atoms with Gasteiger partial charge in [-0.25, -0.2) is 4.79 Å². The fraction of sp³-hybridized carbons (Fsp3) is 0.815. The number of allylic oxidation sites excluding steroid dienone is 8. The first-order chi connectivity index (χ1) is 37.6. The van der Waals surface area contributed by atoms with E-state index in [1.165, 1.54) is 122 Å². The zero-order valence-corrected chi connectivity index (χ0v) is 49.2. The first kappa shape index (κ1) is 71.7. The minimum Gasteiger partial charge on any atom is -0.479 e. The average Bonchev–Trinajstić information content (AvgIpc) is 3.42. The van der Waals surface area contributed by atoms with Crippen LogP contribution >= 0.6 is 0 Å². The SMILES string of the molecule is CC/C=C\C/C=C\C/C=C\CCCCCCCCCC(=O)OC(COC(=O)CCCCCCCCCCC/C=C\CCCCCCCC)COC1OC(C(=O)O)C(O)C(O)C1OC(=O)CCCCCCCCCCCCC. The average molecular weight is 1090 g/mol. The maximum atomic E-state index is 13.2. The maximum Gasteiger partial charge on any atom is 0.335 e. The van der Waals surface area contributed by atoms with Crippen molar-refractivity contribution in [1.82, 2.24) is 0 Å². The van der Waals surface area contributed by atoms with Crippen LogP contribution in [-0.2, 0) is 42.9 Å². The first-order valence-corrected chi connectivity index (χ1v) is 31.6. The number of carbonyl (C=O) groups is 4. The van der Waals surface area contributed by atoms with Gasteiger partial charge in [-0.15, -0.1) is 0 Å². The summed E-state index contributed by atoms with van der Waals surface area (Å²) in [5, 5.41) is 31.5. The molecule has 1 fully saturated rings. The van der Waals surface area contributed by atoms with E-state index in [2.05, 4.69) is 69.4 Å². The molecule has 12 heteroatoms. The van der Waals surface area contributed by atoms with Gasteiger partial charge in [0.1, 0.15) is 18.8 Å². The Labute approximate surface area is 469 Å². The molecule has 446 valence electrons. The zero-order chi connectivity index (χ0) is 56.1. The van der Waals surface area contributed by atoms with Crippen molar-refractivity contribution >= 4 is 23.9 Å². The normalized spacial score (nSPS) is 18.3. The molecule has 0 saturated carbocycles. The van der Waals surface area contributed by atoms with Crippen LogP contribution in [0, 0.1) is 0 Å². The number of ether oxygens (including phenoxy) is 5. The lowest BCUT2D eigenvalue weighted by Crippen LogP contribution is -2.61. The summed E-state index contributed by atoms with van der Waals surface area (Å²) >= 11 is 0. The van der Waals surface area contributed by atoms with Gasteiger partial charge in [0, 0.05) is 19.3 Å². The second kappa shape index (κ2) is 53.3. The molecule has 6 atom stereocenters. The molecule has 0 spiro atoms. The standard InChI is InChI=1S/C65H114O12/c1-4-7-10-13-16-19-22-24-26-28-29-31-32-34-37-39-42-45-48-51-57(66)73-54-56(75-58(67)52-49-46-43-41-38-35-33-30-27-25-23-20-17-14-11-8-5-2)55-74-65-63(61(70)60(69)62(77-65)64(71)72)76-59(68)53-50-47-44-40-36-21-18-15-12-9-6-3/h8,11,17,20,24-27,56,60-63,65,69-70H,4-7,9-10,12-16,18-19,21-23,28-55H2,1-3H3,(H,71,72)/b11-8-,20-17-,26-24-,27-25-. The fourth-order valence-electron chi connectivity index (χ4n) is 9.56. The van der Waals surface area contributed by atoms with Crippen molar-refractivity contribution in [3.63, 3.8) is 0 Å². The Kier molecular flexibility index (Phi) is 49.7. The Morgan fingerprint density at radius 3 is 1.26 bits per heavy atom. The van der Waals surface area contributed by atoms with E-state index in [4.69, 9.17) is 23.7 Å². The third-order valence-corrected chi connectivity index (χ3v) is 14.4. The molecule has 77 heavy (non-hydrogen) atoms. The molecule has 0 amide bonds. The summed E-state index contributed by atoms with van der Waals surface area (Å²) in [6.45, 7) is 5.89. The summed E-state index contributed by atoms with van der Waals surface area (Å²) in [6.07, 6.45) is 52.2. The molecule has 0 aromatic rings. The number of aliphatic hydroxyl groups is 2. The molecular weight excluding hydrogens is 973 g/mol. The van der Waals surface area contributed by atoms with Gasteiger partial charge < -0.3 is 39.0 Å². The number of esters is 3. The van der Waals surface area contributed by atoms with E-state index in [1.807, 2.05) is 0 Å². The summed E-state index contributed by atoms with van der Waals surface area (Å²) in [4.78, 5) is 51.2. The number of unbranched alkanes of at least 4 members (excludes halogenated alkanes) is 32. The van der Waals surface area contributed by atoms with Crippen LogP contribution < -0.4 is 0 Å². The van der Waals surface area contributed by atoms with Gasteiger partial charge in [0.25, 0.3) is 0 Å². The second-order valence-electron chi connectivity index (χ2n) is 21.7. The highest BCUT2D eigenvalue weighted by molar-refractivity contribution is 5.74. The maximum absolute atomic E-state index is 13.2. The quantitative estimate of drug-likeness (QED) is 0.0228. The monoisotopic (exact) mass is 1090 g/mol. The van der Waals surface area contributed by atoms with E-state index in [9.17, 15) is 34.5 Å². The molecule has 1 saturated heterocycles. The number of hydrogen-bond donors (Lipinski definition) is 3. The number of carbonyl (C=O) groups excluding carboxylic acids is 3. The minimum absolute atomic E-state index is 0.0625. The lowest BCUT2D eigenvalue weighted by molar-refractivity contribution is -0.301. The molecule has 0 aromatic carbocycles. The van der Waals surface area contributed by atoms with Crippen LogP contribution in [0.4, 0.5) is 0 Å². The zero-order valence-electron chi connectivity index (χ0n) is 49.2. The van der Waals surface area contributed by atoms with Crippen LogP contribution in [0.5, 0.6) is 0 Å². The Morgan fingerprint density at radius 2 is 0.818 bits per heavy atom. The Morgan fingerprint density at radius 1 is 0.442 bits per heavy atom. The highest BCUT2D eigenvalue weighted by Crippen LogP contribution is 2.27. The summed E-state index contributed by atoms with van der Waals surface area (Å²) in [6, 6.07) is 0. The van der Waals surface area contributed by atoms with Crippen LogP contribution in [0.2, 0.25) is 0 Å². The molecule has 1 heterocycles. The van der Waals surface area contributed by atoms with Gasteiger partial charge in [0.2, 0.25) is 0 Å². The van der Waals surface area contributed by atoms with Crippen LogP contribution in [0.1, 0.15) is 290 Å². The van der Waals surface area contributed by atoms with E-state index in [0.717, 1.165) is 109 Å². The summed E-state index contributed by atoms with van der Waals surface area (Å²) < 4.78 is 28.5. The predicted molar refractivity (Wildman–Crippen MR) is 312 cm³/mol. The number of carboxylic acid groups (broad SMARTS) is 1. The molecule has 1 aliphatic heterocycles. The van der Waals surface area contributed by atoms with E-state index < -0.39 is 67.3 Å². The smallest absolute Gasteiger partial charge is 0.335 e. The van der Waals surface area contributed by atoms with E-state index >= 15 is 0 Å². The highest BCUT2D eigenvalue weighted by Gasteiger charge is 2.50. The van der Waals surface area contributed by atoms with Gasteiger partial charge in [-0.2, -0.15) is 0 Å². The summed E-state index contributed by atoms with van der Waals surface area (Å²) in [7, 11) is 0. The van der Waals surface area contributed by atoms with Gasteiger partial charge in [-0.3, -0.25) is 14.4 Å². The molecule has 0 aliphatic carbocycles. The molecule has 6 unspecified atom stereocenters. The van der Waals surface area contributed by atoms with Crippen molar-refractivity contribution in [3.8, 4) is 0 Å². The molecule has 0 aromatic heterocycles. The van der Waals surface area contributed by atoms with Gasteiger partial charge in [0.15, 0.2) is 24.6 Å². The molecule has 3 N–H and O–H groups in total.